The Bertz CT molecular complexity index is 1060. The van der Waals surface area contributed by atoms with E-state index in [1.807, 2.05) is 35.9 Å². The summed E-state index contributed by atoms with van der Waals surface area (Å²) in [7, 11) is 0. The van der Waals surface area contributed by atoms with E-state index in [2.05, 4.69) is 39.7 Å². The smallest absolute Gasteiger partial charge is 0.258 e. The molecule has 1 amide bonds. The predicted molar refractivity (Wildman–Crippen MR) is 102 cm³/mol. The highest BCUT2D eigenvalue weighted by molar-refractivity contribution is 6.03. The van der Waals surface area contributed by atoms with Gasteiger partial charge in [0.1, 0.15) is 5.82 Å². The van der Waals surface area contributed by atoms with Crippen LogP contribution in [0.4, 0.5) is 5.82 Å². The molecule has 0 bridgehead atoms. The minimum Gasteiger partial charge on any atom is -0.307 e. The van der Waals surface area contributed by atoms with E-state index in [4.69, 9.17) is 0 Å². The van der Waals surface area contributed by atoms with Crippen molar-refractivity contribution in [3.63, 3.8) is 0 Å². The molecule has 128 valence electrons. The first kappa shape index (κ1) is 16.0. The number of rotatable bonds is 4. The SMILES string of the molecule is Cc1cc(NC(=O)c2cccnc2)n(Cc2cccc3ccccc23)n1. The van der Waals surface area contributed by atoms with Crippen molar-refractivity contribution in [2.45, 2.75) is 13.5 Å². The van der Waals surface area contributed by atoms with Crippen LogP contribution in [-0.4, -0.2) is 20.7 Å². The Hall–Kier alpha value is -3.47. The summed E-state index contributed by atoms with van der Waals surface area (Å²) in [5.74, 6) is 0.474. The van der Waals surface area contributed by atoms with E-state index in [1.165, 1.54) is 10.8 Å². The molecule has 0 aliphatic rings. The first-order valence-electron chi connectivity index (χ1n) is 8.43. The number of amides is 1. The van der Waals surface area contributed by atoms with Crippen molar-refractivity contribution in [3.05, 3.63) is 89.9 Å². The van der Waals surface area contributed by atoms with E-state index in [1.54, 1.807) is 24.5 Å². The zero-order chi connectivity index (χ0) is 17.9. The normalized spacial score (nSPS) is 10.8. The van der Waals surface area contributed by atoms with Crippen LogP contribution in [0.3, 0.4) is 0 Å². The second-order valence-electron chi connectivity index (χ2n) is 6.16. The van der Waals surface area contributed by atoms with Crippen LogP contribution in [0.15, 0.2) is 73.1 Å². The van der Waals surface area contributed by atoms with E-state index in [9.17, 15) is 4.79 Å². The summed E-state index contributed by atoms with van der Waals surface area (Å²) >= 11 is 0. The molecule has 5 heteroatoms. The summed E-state index contributed by atoms with van der Waals surface area (Å²) in [5.41, 5.74) is 2.53. The van der Waals surface area contributed by atoms with Crippen molar-refractivity contribution in [3.8, 4) is 0 Å². The molecular weight excluding hydrogens is 324 g/mol. The van der Waals surface area contributed by atoms with Gasteiger partial charge in [-0.25, -0.2) is 4.68 Å². The van der Waals surface area contributed by atoms with Gasteiger partial charge in [0.2, 0.25) is 0 Å². The molecule has 2 heterocycles. The molecule has 5 nitrogen and oxygen atoms in total. The van der Waals surface area contributed by atoms with Crippen LogP contribution in [0.5, 0.6) is 0 Å². The maximum absolute atomic E-state index is 12.4. The van der Waals surface area contributed by atoms with Gasteiger partial charge in [-0.2, -0.15) is 5.10 Å². The van der Waals surface area contributed by atoms with E-state index in [-0.39, 0.29) is 5.91 Å². The van der Waals surface area contributed by atoms with Crippen molar-refractivity contribution >= 4 is 22.5 Å². The molecule has 0 atom stereocenters. The Morgan fingerprint density at radius 3 is 2.77 bits per heavy atom. The van der Waals surface area contributed by atoms with Crippen molar-refractivity contribution in [2.24, 2.45) is 0 Å². The molecule has 0 aliphatic carbocycles. The molecule has 0 saturated carbocycles. The highest BCUT2D eigenvalue weighted by Crippen LogP contribution is 2.21. The Morgan fingerprint density at radius 2 is 1.92 bits per heavy atom. The van der Waals surface area contributed by atoms with Crippen molar-refractivity contribution < 1.29 is 4.79 Å². The van der Waals surface area contributed by atoms with E-state index in [0.717, 1.165) is 11.3 Å². The molecule has 2 aromatic carbocycles. The van der Waals surface area contributed by atoms with Crippen molar-refractivity contribution in [1.29, 1.82) is 0 Å². The van der Waals surface area contributed by atoms with Gasteiger partial charge in [-0.05, 0) is 35.4 Å². The number of nitrogens with zero attached hydrogens (tertiary/aromatic N) is 3. The third-order valence-corrected chi connectivity index (χ3v) is 4.27. The lowest BCUT2D eigenvalue weighted by Gasteiger charge is -2.11. The molecule has 0 radical (unpaired) electrons. The zero-order valence-corrected chi connectivity index (χ0v) is 14.4. The molecule has 1 N–H and O–H groups in total. The van der Waals surface area contributed by atoms with Gasteiger partial charge in [-0.3, -0.25) is 9.78 Å². The van der Waals surface area contributed by atoms with Gasteiger partial charge >= 0.3 is 0 Å². The quantitative estimate of drug-likeness (QED) is 0.609. The molecular formula is C21H18N4O. The van der Waals surface area contributed by atoms with E-state index < -0.39 is 0 Å². The number of pyridine rings is 1. The number of anilines is 1. The number of carbonyl (C=O) groups excluding carboxylic acids is 1. The van der Waals surface area contributed by atoms with Crippen molar-refractivity contribution in [2.75, 3.05) is 5.32 Å². The number of hydrogen-bond acceptors (Lipinski definition) is 3. The van der Waals surface area contributed by atoms with Gasteiger partial charge in [0.25, 0.3) is 5.91 Å². The van der Waals surface area contributed by atoms with Crippen LogP contribution >= 0.6 is 0 Å². The highest BCUT2D eigenvalue weighted by Gasteiger charge is 2.12. The van der Waals surface area contributed by atoms with Gasteiger partial charge in [0.15, 0.2) is 0 Å². The Balaban J connectivity index is 1.65. The molecule has 26 heavy (non-hydrogen) atoms. The fourth-order valence-corrected chi connectivity index (χ4v) is 3.04. The number of carbonyl (C=O) groups is 1. The van der Waals surface area contributed by atoms with Crippen LogP contribution < -0.4 is 5.32 Å². The van der Waals surface area contributed by atoms with E-state index in [0.29, 0.717) is 17.9 Å². The fourth-order valence-electron chi connectivity index (χ4n) is 3.04. The largest absolute Gasteiger partial charge is 0.307 e. The third kappa shape index (κ3) is 3.19. The van der Waals surface area contributed by atoms with Gasteiger partial charge in [0.05, 0.1) is 17.8 Å². The Labute approximate surface area is 151 Å². The Kier molecular flexibility index (Phi) is 4.19. The summed E-state index contributed by atoms with van der Waals surface area (Å²) in [6.07, 6.45) is 3.19. The van der Waals surface area contributed by atoms with Crippen LogP contribution in [0, 0.1) is 6.92 Å². The first-order valence-corrected chi connectivity index (χ1v) is 8.43. The number of nitrogens with one attached hydrogen (secondary N) is 1. The minimum absolute atomic E-state index is 0.197. The lowest BCUT2D eigenvalue weighted by molar-refractivity contribution is 0.102. The topological polar surface area (TPSA) is 59.8 Å². The maximum Gasteiger partial charge on any atom is 0.258 e. The average molecular weight is 342 g/mol. The Morgan fingerprint density at radius 1 is 1.08 bits per heavy atom. The number of hydrogen-bond donors (Lipinski definition) is 1. The molecule has 0 unspecified atom stereocenters. The second kappa shape index (κ2) is 6.80. The second-order valence-corrected chi connectivity index (χ2v) is 6.16. The number of benzene rings is 2. The average Bonchev–Trinajstić information content (AvgIpc) is 3.01. The van der Waals surface area contributed by atoms with Gasteiger partial charge in [-0.1, -0.05) is 42.5 Å². The molecule has 2 aromatic heterocycles. The molecule has 4 rings (SSSR count). The van der Waals surface area contributed by atoms with Crippen LogP contribution in [0.2, 0.25) is 0 Å². The first-order chi connectivity index (χ1) is 12.7. The minimum atomic E-state index is -0.197. The van der Waals surface area contributed by atoms with Crippen molar-refractivity contribution in [1.82, 2.24) is 14.8 Å². The standard InChI is InChI=1S/C21H18N4O/c1-15-12-20(23-21(26)17-9-5-11-22-13-17)25(24-15)14-18-8-4-7-16-6-2-3-10-19(16)18/h2-13H,14H2,1H3,(H,23,26). The lowest BCUT2D eigenvalue weighted by atomic mass is 10.0. The summed E-state index contributed by atoms with van der Waals surface area (Å²) in [6.45, 7) is 2.50. The monoisotopic (exact) mass is 342 g/mol. The van der Waals surface area contributed by atoms with Crippen LogP contribution in [0.25, 0.3) is 10.8 Å². The number of aryl methyl sites for hydroxylation is 1. The molecule has 0 fully saturated rings. The fraction of sp³-hybridized carbons (Fsp3) is 0.0952. The summed E-state index contributed by atoms with van der Waals surface area (Å²) in [5, 5.41) is 9.86. The summed E-state index contributed by atoms with van der Waals surface area (Å²) < 4.78 is 1.82. The summed E-state index contributed by atoms with van der Waals surface area (Å²) in [4.78, 5) is 16.4. The predicted octanol–water partition coefficient (Wildman–Crippen LogP) is 4.04. The number of fused-ring (bicyclic) bond motifs is 1. The summed E-state index contributed by atoms with van der Waals surface area (Å²) in [6, 6.07) is 19.8. The molecule has 0 aliphatic heterocycles. The highest BCUT2D eigenvalue weighted by atomic mass is 16.1. The molecule has 0 saturated heterocycles. The zero-order valence-electron chi connectivity index (χ0n) is 14.4. The number of aromatic nitrogens is 3. The van der Waals surface area contributed by atoms with Crippen LogP contribution in [0.1, 0.15) is 21.6 Å². The van der Waals surface area contributed by atoms with Gasteiger partial charge < -0.3 is 5.32 Å². The van der Waals surface area contributed by atoms with Crippen LogP contribution in [-0.2, 0) is 6.54 Å². The molecule has 0 spiro atoms. The maximum atomic E-state index is 12.4. The van der Waals surface area contributed by atoms with E-state index >= 15 is 0 Å². The van der Waals surface area contributed by atoms with Gasteiger partial charge in [0, 0.05) is 18.5 Å². The third-order valence-electron chi connectivity index (χ3n) is 4.27. The van der Waals surface area contributed by atoms with Gasteiger partial charge in [-0.15, -0.1) is 0 Å². The lowest BCUT2D eigenvalue weighted by Crippen LogP contribution is -2.16. The molecule has 4 aromatic rings.